The summed E-state index contributed by atoms with van der Waals surface area (Å²) in [6.45, 7) is 2.19. The lowest BCUT2D eigenvalue weighted by Crippen LogP contribution is -2.29. The Kier molecular flexibility index (Phi) is 4.78. The summed E-state index contributed by atoms with van der Waals surface area (Å²) in [5.41, 5.74) is 1.12. The van der Waals surface area contributed by atoms with Crippen molar-refractivity contribution < 1.29 is 9.84 Å². The molecule has 24 heavy (non-hydrogen) atoms. The van der Waals surface area contributed by atoms with Gasteiger partial charge in [-0.15, -0.1) is 6.42 Å². The molecule has 2 aromatic carbocycles. The number of terminal acetylenes is 1. The van der Waals surface area contributed by atoms with E-state index >= 15 is 0 Å². The fourth-order valence-corrected chi connectivity index (χ4v) is 3.23. The molecule has 1 aliphatic rings. The summed E-state index contributed by atoms with van der Waals surface area (Å²) in [4.78, 5) is 2.38. The van der Waals surface area contributed by atoms with Gasteiger partial charge in [0.15, 0.2) is 5.60 Å². The van der Waals surface area contributed by atoms with Gasteiger partial charge in [-0.2, -0.15) is 0 Å². The maximum atomic E-state index is 11.0. The Morgan fingerprint density at radius 1 is 0.958 bits per heavy atom. The van der Waals surface area contributed by atoms with Gasteiger partial charge >= 0.3 is 0 Å². The van der Waals surface area contributed by atoms with Gasteiger partial charge in [-0.25, -0.2) is 0 Å². The van der Waals surface area contributed by atoms with Crippen LogP contribution in [0.25, 0.3) is 0 Å². The third-order valence-electron chi connectivity index (χ3n) is 4.72. The molecule has 0 amide bonds. The van der Waals surface area contributed by atoms with Gasteiger partial charge in [0.1, 0.15) is 5.75 Å². The van der Waals surface area contributed by atoms with Crippen LogP contribution >= 0.6 is 0 Å². The van der Waals surface area contributed by atoms with E-state index in [0.29, 0.717) is 11.1 Å². The summed E-state index contributed by atoms with van der Waals surface area (Å²) in [5.74, 6) is 3.28. The van der Waals surface area contributed by atoms with Gasteiger partial charge in [-0.3, -0.25) is 0 Å². The molecule has 1 saturated heterocycles. The van der Waals surface area contributed by atoms with Crippen molar-refractivity contribution in [3.05, 3.63) is 59.7 Å². The van der Waals surface area contributed by atoms with E-state index < -0.39 is 5.60 Å². The molecule has 0 saturated carbocycles. The van der Waals surface area contributed by atoms with Crippen molar-refractivity contribution in [2.75, 3.05) is 25.1 Å². The number of ether oxygens (including phenoxy) is 1. The first-order valence-electron chi connectivity index (χ1n) is 8.37. The Morgan fingerprint density at radius 2 is 1.50 bits per heavy atom. The number of piperidine rings is 1. The molecule has 1 N–H and O–H groups in total. The van der Waals surface area contributed by atoms with E-state index in [1.807, 2.05) is 24.3 Å². The summed E-state index contributed by atoms with van der Waals surface area (Å²) in [5, 5.41) is 11.0. The molecule has 0 bridgehead atoms. The van der Waals surface area contributed by atoms with Crippen LogP contribution in [0.2, 0.25) is 0 Å². The monoisotopic (exact) mass is 321 g/mol. The van der Waals surface area contributed by atoms with Gasteiger partial charge in [-0.1, -0.05) is 30.2 Å². The second-order valence-corrected chi connectivity index (χ2v) is 6.18. The van der Waals surface area contributed by atoms with Gasteiger partial charge in [0.25, 0.3) is 0 Å². The summed E-state index contributed by atoms with van der Waals surface area (Å²) >= 11 is 0. The lowest BCUT2D eigenvalue weighted by Gasteiger charge is -2.30. The van der Waals surface area contributed by atoms with Crippen molar-refractivity contribution in [3.8, 4) is 18.1 Å². The van der Waals surface area contributed by atoms with Crippen LogP contribution in [0.5, 0.6) is 5.75 Å². The molecule has 0 aliphatic carbocycles. The van der Waals surface area contributed by atoms with E-state index in [0.717, 1.165) is 18.8 Å². The highest BCUT2D eigenvalue weighted by Gasteiger charge is 2.29. The van der Waals surface area contributed by atoms with Crippen LogP contribution in [0, 0.1) is 12.3 Å². The largest absolute Gasteiger partial charge is 0.497 e. The summed E-state index contributed by atoms with van der Waals surface area (Å²) in [7, 11) is 1.61. The van der Waals surface area contributed by atoms with Crippen LogP contribution in [0.3, 0.4) is 0 Å². The van der Waals surface area contributed by atoms with Crippen LogP contribution in [0.15, 0.2) is 48.5 Å². The van der Waals surface area contributed by atoms with E-state index in [2.05, 4.69) is 10.8 Å². The molecule has 0 spiro atoms. The molecule has 1 unspecified atom stereocenters. The van der Waals surface area contributed by atoms with Crippen LogP contribution < -0.4 is 9.64 Å². The van der Waals surface area contributed by atoms with Crippen LogP contribution in [0.1, 0.15) is 30.4 Å². The molecule has 3 heteroatoms. The van der Waals surface area contributed by atoms with Crippen molar-refractivity contribution in [3.63, 3.8) is 0 Å². The van der Waals surface area contributed by atoms with Crippen molar-refractivity contribution in [2.24, 2.45) is 0 Å². The third-order valence-corrected chi connectivity index (χ3v) is 4.72. The Bertz CT molecular complexity index is 709. The van der Waals surface area contributed by atoms with E-state index in [1.165, 1.54) is 24.9 Å². The average molecular weight is 321 g/mol. The van der Waals surface area contributed by atoms with E-state index in [-0.39, 0.29) is 0 Å². The molecule has 0 aromatic heterocycles. The van der Waals surface area contributed by atoms with Crippen LogP contribution in [-0.2, 0) is 5.60 Å². The molecule has 1 aliphatic heterocycles. The third kappa shape index (κ3) is 3.11. The van der Waals surface area contributed by atoms with Crippen LogP contribution in [-0.4, -0.2) is 25.3 Å². The minimum Gasteiger partial charge on any atom is -0.497 e. The van der Waals surface area contributed by atoms with Crippen molar-refractivity contribution in [1.29, 1.82) is 0 Å². The zero-order chi connectivity index (χ0) is 17.0. The van der Waals surface area contributed by atoms with Gasteiger partial charge in [0, 0.05) is 29.9 Å². The number of methoxy groups -OCH3 is 1. The molecule has 124 valence electrons. The smallest absolute Gasteiger partial charge is 0.176 e. The first-order chi connectivity index (χ1) is 11.7. The number of hydrogen-bond acceptors (Lipinski definition) is 3. The second-order valence-electron chi connectivity index (χ2n) is 6.18. The fraction of sp³-hybridized carbons (Fsp3) is 0.333. The average Bonchev–Trinajstić information content (AvgIpc) is 2.68. The van der Waals surface area contributed by atoms with E-state index in [9.17, 15) is 5.11 Å². The lowest BCUT2D eigenvalue weighted by molar-refractivity contribution is 0.145. The van der Waals surface area contributed by atoms with Gasteiger partial charge < -0.3 is 14.7 Å². The molecule has 1 atom stereocenters. The molecule has 3 rings (SSSR count). The zero-order valence-electron chi connectivity index (χ0n) is 14.0. The topological polar surface area (TPSA) is 32.7 Å². The van der Waals surface area contributed by atoms with E-state index in [4.69, 9.17) is 11.2 Å². The first-order valence-corrected chi connectivity index (χ1v) is 8.37. The fourth-order valence-electron chi connectivity index (χ4n) is 3.23. The van der Waals surface area contributed by atoms with Gasteiger partial charge in [0.05, 0.1) is 7.11 Å². The predicted octanol–water partition coefficient (Wildman–Crippen LogP) is 3.55. The lowest BCUT2D eigenvalue weighted by atomic mass is 9.87. The minimum absolute atomic E-state index is 0.663. The summed E-state index contributed by atoms with van der Waals surface area (Å²) in [6.07, 6.45) is 9.47. The number of nitrogens with zero attached hydrogens (tertiary/aromatic N) is 1. The SMILES string of the molecule is C#CC(O)(c1ccc(OC)cc1)c1ccc(N2CCCCC2)cc1. The number of hydrogen-bond donors (Lipinski definition) is 1. The quantitative estimate of drug-likeness (QED) is 0.874. The molecule has 1 fully saturated rings. The Hall–Kier alpha value is -2.44. The number of anilines is 1. The number of rotatable bonds is 4. The molecule has 3 nitrogen and oxygen atoms in total. The normalized spacial score (nSPS) is 17.0. The molecule has 2 aromatic rings. The molecular weight excluding hydrogens is 298 g/mol. The summed E-state index contributed by atoms with van der Waals surface area (Å²) in [6, 6.07) is 15.2. The predicted molar refractivity (Wildman–Crippen MR) is 97.3 cm³/mol. The Labute approximate surface area is 143 Å². The Morgan fingerprint density at radius 3 is 2.00 bits per heavy atom. The second kappa shape index (κ2) is 6.98. The zero-order valence-corrected chi connectivity index (χ0v) is 14.0. The number of benzene rings is 2. The minimum atomic E-state index is -1.44. The first kappa shape index (κ1) is 16.4. The van der Waals surface area contributed by atoms with Crippen LogP contribution in [0.4, 0.5) is 5.69 Å². The maximum absolute atomic E-state index is 11.0. The standard InChI is InChI=1S/C21H23NO2/c1-3-21(23,18-9-13-20(24-2)14-10-18)17-7-11-19(12-8-17)22-15-5-4-6-16-22/h1,7-14,23H,4-6,15-16H2,2H3. The molecule has 0 radical (unpaired) electrons. The van der Waals surface area contributed by atoms with Crippen molar-refractivity contribution in [1.82, 2.24) is 0 Å². The Balaban J connectivity index is 1.88. The molecule has 1 heterocycles. The van der Waals surface area contributed by atoms with Crippen molar-refractivity contribution >= 4 is 5.69 Å². The highest BCUT2D eigenvalue weighted by atomic mass is 16.5. The van der Waals surface area contributed by atoms with Crippen molar-refractivity contribution in [2.45, 2.75) is 24.9 Å². The highest BCUT2D eigenvalue weighted by molar-refractivity contribution is 5.52. The van der Waals surface area contributed by atoms with Gasteiger partial charge in [0.2, 0.25) is 0 Å². The summed E-state index contributed by atoms with van der Waals surface area (Å²) < 4.78 is 5.17. The highest BCUT2D eigenvalue weighted by Crippen LogP contribution is 2.32. The number of aliphatic hydroxyl groups is 1. The maximum Gasteiger partial charge on any atom is 0.176 e. The van der Waals surface area contributed by atoms with E-state index in [1.54, 1.807) is 31.4 Å². The van der Waals surface area contributed by atoms with Gasteiger partial charge in [-0.05, 0) is 43.5 Å². The molecular formula is C21H23NO2.